The number of amides is 1. The van der Waals surface area contributed by atoms with E-state index in [1.54, 1.807) is 19.2 Å². The quantitative estimate of drug-likeness (QED) is 0.391. The number of aromatic nitrogens is 1. The molecule has 4 rings (SSSR count). The van der Waals surface area contributed by atoms with E-state index in [1.165, 1.54) is 16.2 Å². The van der Waals surface area contributed by atoms with Gasteiger partial charge < -0.3 is 9.64 Å². The molecule has 0 unspecified atom stereocenters. The number of hydrogen-bond acceptors (Lipinski definition) is 5. The van der Waals surface area contributed by atoms with Gasteiger partial charge in [0.15, 0.2) is 6.61 Å². The van der Waals surface area contributed by atoms with E-state index < -0.39 is 5.97 Å². The van der Waals surface area contributed by atoms with Gasteiger partial charge in [-0.3, -0.25) is 4.79 Å². The van der Waals surface area contributed by atoms with Crippen molar-refractivity contribution in [3.8, 4) is 10.6 Å². The summed E-state index contributed by atoms with van der Waals surface area (Å²) >= 11 is 7.43. The summed E-state index contributed by atoms with van der Waals surface area (Å²) in [6.45, 7) is -0.360. The highest BCUT2D eigenvalue weighted by Gasteiger charge is 2.19. The highest BCUT2D eigenvalue weighted by molar-refractivity contribution is 7.19. The molecule has 0 bridgehead atoms. The topological polar surface area (TPSA) is 59.5 Å². The number of likely N-dealkylation sites (N-methyl/N-ethyl adjacent to an activating group) is 1. The molecule has 0 aliphatic rings. The van der Waals surface area contributed by atoms with E-state index in [4.69, 9.17) is 16.3 Å². The molecule has 0 saturated carbocycles. The zero-order valence-electron chi connectivity index (χ0n) is 16.0. The number of para-hydroxylation sites is 2. The molecule has 0 aliphatic carbocycles. The first-order chi connectivity index (χ1) is 14.5. The van der Waals surface area contributed by atoms with Gasteiger partial charge in [-0.1, -0.05) is 48.0 Å². The monoisotopic (exact) mass is 436 g/mol. The van der Waals surface area contributed by atoms with Crippen LogP contribution in [0.25, 0.3) is 21.5 Å². The number of carbonyl (C=O) groups excluding carboxylic acids is 2. The van der Waals surface area contributed by atoms with E-state index in [2.05, 4.69) is 4.98 Å². The number of halogens is 1. The van der Waals surface area contributed by atoms with Crippen LogP contribution in [0.1, 0.15) is 10.4 Å². The van der Waals surface area contributed by atoms with Crippen LogP contribution in [0.5, 0.6) is 0 Å². The van der Waals surface area contributed by atoms with Crippen LogP contribution in [0.15, 0.2) is 72.8 Å². The van der Waals surface area contributed by atoms with Gasteiger partial charge in [-0.2, -0.15) is 0 Å². The molecule has 30 heavy (non-hydrogen) atoms. The molecule has 0 fully saturated rings. The van der Waals surface area contributed by atoms with Crippen LogP contribution >= 0.6 is 22.9 Å². The Morgan fingerprint density at radius 1 is 1.03 bits per heavy atom. The SMILES string of the molecule is CN(C(=O)COC(=O)c1cc(-c2ccc(Cl)s2)nc2ccccc12)c1ccccc1. The van der Waals surface area contributed by atoms with Crippen molar-refractivity contribution < 1.29 is 14.3 Å². The van der Waals surface area contributed by atoms with Crippen LogP contribution in [0.3, 0.4) is 0 Å². The molecule has 2 aromatic heterocycles. The summed E-state index contributed by atoms with van der Waals surface area (Å²) in [4.78, 5) is 32.3. The molecular weight excluding hydrogens is 420 g/mol. The van der Waals surface area contributed by atoms with Gasteiger partial charge >= 0.3 is 5.97 Å². The minimum atomic E-state index is -0.577. The zero-order valence-corrected chi connectivity index (χ0v) is 17.6. The van der Waals surface area contributed by atoms with E-state index in [9.17, 15) is 9.59 Å². The number of rotatable bonds is 5. The molecule has 0 radical (unpaired) electrons. The predicted molar refractivity (Wildman–Crippen MR) is 120 cm³/mol. The second kappa shape index (κ2) is 8.65. The summed E-state index contributed by atoms with van der Waals surface area (Å²) < 4.78 is 5.99. The van der Waals surface area contributed by atoms with Crippen LogP contribution in [-0.2, 0) is 9.53 Å². The molecule has 150 valence electrons. The van der Waals surface area contributed by atoms with Crippen LogP contribution in [0.2, 0.25) is 4.34 Å². The summed E-state index contributed by atoms with van der Waals surface area (Å²) in [7, 11) is 1.64. The van der Waals surface area contributed by atoms with E-state index in [0.29, 0.717) is 26.5 Å². The first-order valence-electron chi connectivity index (χ1n) is 9.17. The molecule has 2 heterocycles. The van der Waals surface area contributed by atoms with Gasteiger partial charge in [-0.15, -0.1) is 11.3 Å². The third-order valence-electron chi connectivity index (χ3n) is 4.61. The van der Waals surface area contributed by atoms with Gasteiger partial charge in [0.25, 0.3) is 5.91 Å². The maximum Gasteiger partial charge on any atom is 0.339 e. The number of nitrogens with zero attached hydrogens (tertiary/aromatic N) is 2. The molecule has 0 spiro atoms. The molecule has 4 aromatic rings. The Hall–Kier alpha value is -3.22. The number of benzene rings is 2. The van der Waals surface area contributed by atoms with Gasteiger partial charge in [0.05, 0.1) is 26.0 Å². The fourth-order valence-corrected chi connectivity index (χ4v) is 4.02. The lowest BCUT2D eigenvalue weighted by atomic mass is 10.1. The van der Waals surface area contributed by atoms with Crippen molar-refractivity contribution in [2.24, 2.45) is 0 Å². The summed E-state index contributed by atoms with van der Waals surface area (Å²) in [5.41, 5.74) is 2.38. The third-order valence-corrected chi connectivity index (χ3v) is 5.86. The molecule has 5 nitrogen and oxygen atoms in total. The Bertz CT molecular complexity index is 1220. The normalized spacial score (nSPS) is 10.7. The van der Waals surface area contributed by atoms with Gasteiger partial charge in [0.1, 0.15) is 0 Å². The maximum absolute atomic E-state index is 12.9. The van der Waals surface area contributed by atoms with Crippen LogP contribution in [0, 0.1) is 0 Å². The van der Waals surface area contributed by atoms with Gasteiger partial charge in [0, 0.05) is 18.1 Å². The van der Waals surface area contributed by atoms with Gasteiger partial charge in [-0.25, -0.2) is 9.78 Å². The Balaban J connectivity index is 1.59. The maximum atomic E-state index is 12.9. The first-order valence-corrected chi connectivity index (χ1v) is 10.4. The standard InChI is InChI=1S/C23H17ClN2O3S/c1-26(15-7-3-2-4-8-15)22(27)14-29-23(28)17-13-19(20-11-12-21(24)30-20)25-18-10-6-5-9-16(17)18/h2-13H,14H2,1H3. The van der Waals surface area contributed by atoms with Crippen molar-refractivity contribution in [1.82, 2.24) is 4.98 Å². The number of hydrogen-bond donors (Lipinski definition) is 0. The van der Waals surface area contributed by atoms with Crippen molar-refractivity contribution >= 4 is 51.4 Å². The average Bonchev–Trinajstić information content (AvgIpc) is 3.22. The highest BCUT2D eigenvalue weighted by atomic mass is 35.5. The lowest BCUT2D eigenvalue weighted by Crippen LogP contribution is -2.31. The smallest absolute Gasteiger partial charge is 0.339 e. The highest BCUT2D eigenvalue weighted by Crippen LogP contribution is 2.32. The number of thiophene rings is 1. The Labute approximate surface area is 182 Å². The predicted octanol–water partition coefficient (Wildman–Crippen LogP) is 5.44. The largest absolute Gasteiger partial charge is 0.452 e. The second-order valence-electron chi connectivity index (χ2n) is 6.54. The minimum Gasteiger partial charge on any atom is -0.452 e. The fourth-order valence-electron chi connectivity index (χ4n) is 3.02. The lowest BCUT2D eigenvalue weighted by molar-refractivity contribution is -0.121. The molecule has 0 N–H and O–H groups in total. The molecule has 2 aromatic carbocycles. The van der Waals surface area contributed by atoms with E-state index >= 15 is 0 Å². The molecule has 7 heteroatoms. The van der Waals surface area contributed by atoms with E-state index in [-0.39, 0.29) is 12.5 Å². The van der Waals surface area contributed by atoms with E-state index in [1.807, 2.05) is 60.7 Å². The molecule has 0 aliphatic heterocycles. The molecule has 0 saturated heterocycles. The average molecular weight is 437 g/mol. The summed E-state index contributed by atoms with van der Waals surface area (Å²) in [6.07, 6.45) is 0. The zero-order chi connectivity index (χ0) is 21.1. The molecular formula is C23H17ClN2O3S. The fraction of sp³-hybridized carbons (Fsp3) is 0.0870. The molecule has 0 atom stereocenters. The van der Waals surface area contributed by atoms with Crippen molar-refractivity contribution in [2.75, 3.05) is 18.6 Å². The number of ether oxygens (including phenoxy) is 1. The van der Waals surface area contributed by atoms with Crippen LogP contribution in [-0.4, -0.2) is 30.5 Å². The minimum absolute atomic E-state index is 0.321. The Morgan fingerprint density at radius 3 is 2.50 bits per heavy atom. The molecule has 1 amide bonds. The van der Waals surface area contributed by atoms with Gasteiger partial charge in [-0.05, 0) is 36.4 Å². The summed E-state index contributed by atoms with van der Waals surface area (Å²) in [5.74, 6) is -0.898. The number of esters is 1. The van der Waals surface area contributed by atoms with Crippen molar-refractivity contribution in [1.29, 1.82) is 0 Å². The van der Waals surface area contributed by atoms with E-state index in [0.717, 1.165) is 10.6 Å². The summed E-state index contributed by atoms with van der Waals surface area (Å²) in [5, 5.41) is 0.665. The lowest BCUT2D eigenvalue weighted by Gasteiger charge is -2.17. The van der Waals surface area contributed by atoms with Gasteiger partial charge in [0.2, 0.25) is 0 Å². The second-order valence-corrected chi connectivity index (χ2v) is 8.26. The number of anilines is 1. The Kier molecular flexibility index (Phi) is 5.79. The summed E-state index contributed by atoms with van der Waals surface area (Å²) in [6, 6.07) is 21.8. The first kappa shape index (κ1) is 20.1. The van der Waals surface area contributed by atoms with Crippen molar-refractivity contribution in [2.45, 2.75) is 0 Å². The van der Waals surface area contributed by atoms with Crippen molar-refractivity contribution in [3.63, 3.8) is 0 Å². The van der Waals surface area contributed by atoms with Crippen molar-refractivity contribution in [3.05, 3.63) is 82.7 Å². The number of pyridine rings is 1. The number of fused-ring (bicyclic) bond motifs is 1. The third kappa shape index (κ3) is 4.20. The number of carbonyl (C=O) groups is 2. The van der Waals surface area contributed by atoms with Crippen LogP contribution < -0.4 is 4.90 Å². The Morgan fingerprint density at radius 2 is 1.77 bits per heavy atom. The van der Waals surface area contributed by atoms with Crippen LogP contribution in [0.4, 0.5) is 5.69 Å².